The van der Waals surface area contributed by atoms with E-state index in [0.29, 0.717) is 12.2 Å². The molecule has 1 amide bonds. The number of carbonyl (C=O) groups excluding carboxylic acids is 1. The van der Waals surface area contributed by atoms with Crippen LogP contribution in [0.4, 0.5) is 0 Å². The van der Waals surface area contributed by atoms with Crippen LogP contribution in [0.2, 0.25) is 0 Å². The third kappa shape index (κ3) is 2.75. The van der Waals surface area contributed by atoms with Gasteiger partial charge in [0, 0.05) is 19.4 Å². The molecule has 4 heteroatoms. The Morgan fingerprint density at radius 3 is 3.27 bits per heavy atom. The van der Waals surface area contributed by atoms with E-state index in [-0.39, 0.29) is 5.91 Å². The van der Waals surface area contributed by atoms with E-state index in [9.17, 15) is 4.79 Å². The van der Waals surface area contributed by atoms with Gasteiger partial charge in [-0.3, -0.25) is 14.8 Å². The summed E-state index contributed by atoms with van der Waals surface area (Å²) in [6, 6.07) is 0. The summed E-state index contributed by atoms with van der Waals surface area (Å²) in [5.74, 6) is -0.111. The van der Waals surface area contributed by atoms with Gasteiger partial charge in [0.25, 0.3) is 0 Å². The molecule has 1 N–H and O–H groups in total. The predicted octanol–water partition coefficient (Wildman–Crippen LogP) is 0.119. The van der Waals surface area contributed by atoms with Crippen LogP contribution in [0.3, 0.4) is 0 Å². The Morgan fingerprint density at radius 1 is 1.73 bits per heavy atom. The fourth-order valence-electron chi connectivity index (χ4n) is 0.679. The average molecular weight is 151 g/mol. The Balaban J connectivity index is 2.62. The second-order valence-electron chi connectivity index (χ2n) is 2.09. The second kappa shape index (κ2) is 3.65. The summed E-state index contributed by atoms with van der Waals surface area (Å²) < 4.78 is 0. The Bertz CT molecular complexity index is 240. The van der Waals surface area contributed by atoms with Crippen LogP contribution in [0, 0.1) is 0 Å². The summed E-state index contributed by atoms with van der Waals surface area (Å²) in [5, 5.41) is 2.58. The first-order valence-electron chi connectivity index (χ1n) is 3.28. The zero-order valence-electron chi connectivity index (χ0n) is 6.24. The largest absolute Gasteiger partial charge is 0.324 e. The summed E-state index contributed by atoms with van der Waals surface area (Å²) >= 11 is 0. The van der Waals surface area contributed by atoms with Crippen LogP contribution in [0.15, 0.2) is 21.9 Å². The number of hydrogen-bond acceptors (Lipinski definition) is 3. The van der Waals surface area contributed by atoms with Crippen molar-refractivity contribution in [1.82, 2.24) is 5.32 Å². The molecule has 1 aliphatic rings. The molecule has 0 radical (unpaired) electrons. The van der Waals surface area contributed by atoms with Crippen LogP contribution in [-0.2, 0) is 4.79 Å². The Morgan fingerprint density at radius 2 is 2.55 bits per heavy atom. The lowest BCUT2D eigenvalue weighted by molar-refractivity contribution is -0.118. The highest BCUT2D eigenvalue weighted by atomic mass is 16.1. The fraction of sp³-hybridized carbons (Fsp3) is 0.286. The Hall–Kier alpha value is -1.45. The quantitative estimate of drug-likeness (QED) is 0.568. The molecule has 11 heavy (non-hydrogen) atoms. The molecule has 0 aromatic heterocycles. The van der Waals surface area contributed by atoms with Crippen molar-refractivity contribution in [2.45, 2.75) is 6.92 Å². The van der Waals surface area contributed by atoms with Crippen molar-refractivity contribution in [3.8, 4) is 0 Å². The summed E-state index contributed by atoms with van der Waals surface area (Å²) in [6.45, 7) is 2.02. The number of carbonyl (C=O) groups is 1. The fourth-order valence-corrected chi connectivity index (χ4v) is 0.679. The third-order valence-electron chi connectivity index (χ3n) is 1.06. The minimum absolute atomic E-state index is 0.111. The minimum atomic E-state index is -0.111. The molecule has 0 bridgehead atoms. The molecule has 0 unspecified atom stereocenters. The number of rotatable bonds is 1. The summed E-state index contributed by atoms with van der Waals surface area (Å²) in [7, 11) is 0. The maximum atomic E-state index is 10.6. The van der Waals surface area contributed by atoms with Gasteiger partial charge in [0.15, 0.2) is 0 Å². The second-order valence-corrected chi connectivity index (χ2v) is 2.09. The Labute approximate surface area is 64.7 Å². The first kappa shape index (κ1) is 7.65. The van der Waals surface area contributed by atoms with E-state index in [2.05, 4.69) is 15.3 Å². The van der Waals surface area contributed by atoms with Gasteiger partial charge in [-0.25, -0.2) is 0 Å². The molecule has 1 heterocycles. The van der Waals surface area contributed by atoms with E-state index in [1.165, 1.54) is 6.92 Å². The lowest BCUT2D eigenvalue weighted by Gasteiger charge is -1.97. The molecule has 0 fully saturated rings. The molecule has 4 nitrogen and oxygen atoms in total. The molecule has 0 atom stereocenters. The minimum Gasteiger partial charge on any atom is -0.324 e. The van der Waals surface area contributed by atoms with Crippen LogP contribution in [0.25, 0.3) is 0 Å². The van der Waals surface area contributed by atoms with E-state index in [1.54, 1.807) is 18.6 Å². The maximum Gasteiger partial charge on any atom is 0.221 e. The van der Waals surface area contributed by atoms with E-state index in [0.717, 1.165) is 0 Å². The summed E-state index contributed by atoms with van der Waals surface area (Å²) in [4.78, 5) is 18.4. The molecular formula is C7H9N3O. The molecule has 0 saturated carbocycles. The van der Waals surface area contributed by atoms with Gasteiger partial charge in [-0.2, -0.15) is 0 Å². The van der Waals surface area contributed by atoms with E-state index >= 15 is 0 Å². The van der Waals surface area contributed by atoms with Crippen molar-refractivity contribution < 1.29 is 4.79 Å². The highest BCUT2D eigenvalue weighted by Crippen LogP contribution is 1.89. The number of aliphatic imine (C=N–C) groups is 2. The van der Waals surface area contributed by atoms with Crippen LogP contribution in [0.5, 0.6) is 0 Å². The van der Waals surface area contributed by atoms with Gasteiger partial charge >= 0.3 is 0 Å². The zero-order chi connectivity index (χ0) is 8.10. The van der Waals surface area contributed by atoms with Crippen LogP contribution in [0.1, 0.15) is 6.92 Å². The number of amides is 1. The molecule has 1 rings (SSSR count). The first-order chi connectivity index (χ1) is 5.29. The maximum absolute atomic E-state index is 10.6. The molecule has 0 aliphatic carbocycles. The van der Waals surface area contributed by atoms with Crippen molar-refractivity contribution >= 4 is 18.3 Å². The van der Waals surface area contributed by atoms with Gasteiger partial charge < -0.3 is 5.32 Å². The number of nitrogens with one attached hydrogen (secondary N) is 1. The molecular weight excluding hydrogens is 142 g/mol. The van der Waals surface area contributed by atoms with Gasteiger partial charge in [0.05, 0.1) is 18.4 Å². The van der Waals surface area contributed by atoms with Crippen LogP contribution < -0.4 is 5.32 Å². The summed E-state index contributed by atoms with van der Waals surface area (Å²) in [5.41, 5.74) is 0.631. The highest BCUT2D eigenvalue weighted by molar-refractivity contribution is 5.88. The van der Waals surface area contributed by atoms with E-state index < -0.39 is 0 Å². The first-order valence-corrected chi connectivity index (χ1v) is 3.28. The molecule has 0 aromatic carbocycles. The van der Waals surface area contributed by atoms with Gasteiger partial charge in [-0.1, -0.05) is 0 Å². The van der Waals surface area contributed by atoms with Gasteiger partial charge in [0.1, 0.15) is 0 Å². The predicted molar refractivity (Wildman–Crippen MR) is 43.8 cm³/mol. The average Bonchev–Trinajstić information content (AvgIpc) is 2.14. The van der Waals surface area contributed by atoms with Crippen molar-refractivity contribution in [3.05, 3.63) is 11.9 Å². The molecule has 1 aliphatic heterocycles. The third-order valence-corrected chi connectivity index (χ3v) is 1.06. The standard InChI is InChI=1S/C7H9N3O/c1-6(11)10-7-4-8-2-3-9-5-7/h2,4-5H,3H2,1H3,(H,10,11). The van der Waals surface area contributed by atoms with Crippen molar-refractivity contribution in [3.63, 3.8) is 0 Å². The Kier molecular flexibility index (Phi) is 2.54. The SMILES string of the molecule is CC(=O)NC1=CN=CCN=C1. The smallest absolute Gasteiger partial charge is 0.221 e. The molecule has 0 aromatic rings. The molecule has 0 saturated heterocycles. The topological polar surface area (TPSA) is 53.8 Å². The van der Waals surface area contributed by atoms with Crippen LogP contribution in [-0.4, -0.2) is 24.9 Å². The van der Waals surface area contributed by atoms with Gasteiger partial charge in [0.2, 0.25) is 5.91 Å². The van der Waals surface area contributed by atoms with Gasteiger partial charge in [-0.15, -0.1) is 0 Å². The molecule has 58 valence electrons. The zero-order valence-corrected chi connectivity index (χ0v) is 6.24. The lowest BCUT2D eigenvalue weighted by atomic mass is 10.5. The number of nitrogens with zero attached hydrogens (tertiary/aromatic N) is 2. The van der Waals surface area contributed by atoms with Crippen molar-refractivity contribution in [2.24, 2.45) is 9.98 Å². The normalized spacial score (nSPS) is 15.5. The van der Waals surface area contributed by atoms with E-state index in [4.69, 9.17) is 0 Å². The van der Waals surface area contributed by atoms with Crippen molar-refractivity contribution in [1.29, 1.82) is 0 Å². The highest BCUT2D eigenvalue weighted by Gasteiger charge is 1.95. The lowest BCUT2D eigenvalue weighted by Crippen LogP contribution is -2.19. The monoisotopic (exact) mass is 151 g/mol. The van der Waals surface area contributed by atoms with Crippen molar-refractivity contribution in [2.75, 3.05) is 6.54 Å². The molecule has 0 spiro atoms. The number of allylic oxidation sites excluding steroid dienone is 1. The van der Waals surface area contributed by atoms with Crippen LogP contribution >= 0.6 is 0 Å². The van der Waals surface area contributed by atoms with E-state index in [1.807, 2.05) is 0 Å². The number of hydrogen-bond donors (Lipinski definition) is 1. The summed E-state index contributed by atoms with van der Waals surface area (Å²) in [6.07, 6.45) is 4.83. The van der Waals surface area contributed by atoms with Gasteiger partial charge in [-0.05, 0) is 0 Å².